The fraction of sp³-hybridized carbons (Fsp3) is 0.471. The Balaban J connectivity index is 1.90. The number of hydrogen-bond donors (Lipinski definition) is 1. The van der Waals surface area contributed by atoms with Crippen LogP contribution in [0.3, 0.4) is 0 Å². The molecule has 1 fully saturated rings. The average molecular weight is 347 g/mol. The smallest absolute Gasteiger partial charge is 0.305 e. The number of nitro groups is 1. The van der Waals surface area contributed by atoms with Gasteiger partial charge in [-0.05, 0) is 44.4 Å². The van der Waals surface area contributed by atoms with E-state index in [2.05, 4.69) is 23.7 Å². The molecule has 0 amide bonds. The Labute approximate surface area is 144 Å². The lowest BCUT2D eigenvalue weighted by molar-refractivity contribution is -0.384. The van der Waals surface area contributed by atoms with Crippen LogP contribution in [0.2, 0.25) is 0 Å². The maximum absolute atomic E-state index is 11.9. The van der Waals surface area contributed by atoms with E-state index in [0.717, 1.165) is 22.7 Å². The first-order chi connectivity index (χ1) is 11.5. The van der Waals surface area contributed by atoms with Crippen molar-refractivity contribution in [1.82, 2.24) is 9.88 Å². The van der Waals surface area contributed by atoms with Gasteiger partial charge in [0, 0.05) is 35.6 Å². The number of hydrogen-bond acceptors (Lipinski definition) is 5. The van der Waals surface area contributed by atoms with Crippen molar-refractivity contribution in [1.29, 1.82) is 0 Å². The molecule has 3 rings (SSSR count). The van der Waals surface area contributed by atoms with Crippen LogP contribution >= 0.6 is 11.3 Å². The summed E-state index contributed by atoms with van der Waals surface area (Å²) in [7, 11) is 0. The molecule has 0 spiro atoms. The SMILES string of the molecule is CC1CCCC(C)N1Cc1sc(=O)[nH]c1-c1ccc([N+](=O)[O-])cc1. The molecule has 2 aromatic rings. The highest BCUT2D eigenvalue weighted by molar-refractivity contribution is 7.09. The van der Waals surface area contributed by atoms with Crippen LogP contribution in [0.25, 0.3) is 11.3 Å². The Morgan fingerprint density at radius 3 is 2.46 bits per heavy atom. The van der Waals surface area contributed by atoms with Crippen LogP contribution < -0.4 is 4.87 Å². The highest BCUT2D eigenvalue weighted by Gasteiger charge is 2.26. The monoisotopic (exact) mass is 347 g/mol. The predicted octanol–water partition coefficient (Wildman–Crippen LogP) is 3.77. The number of nitro benzene ring substituents is 1. The minimum atomic E-state index is -0.419. The van der Waals surface area contributed by atoms with Crippen molar-refractivity contribution in [2.24, 2.45) is 0 Å². The number of rotatable bonds is 4. The molecule has 0 bridgehead atoms. The van der Waals surface area contributed by atoms with Gasteiger partial charge in [0.15, 0.2) is 0 Å². The third kappa shape index (κ3) is 3.42. The second-order valence-electron chi connectivity index (χ2n) is 6.42. The standard InChI is InChI=1S/C17H21N3O3S/c1-11-4-3-5-12(2)19(11)10-15-16(18-17(21)24-15)13-6-8-14(9-7-13)20(22)23/h6-9,11-12H,3-5,10H2,1-2H3,(H,18,21). The van der Waals surface area contributed by atoms with E-state index in [1.54, 1.807) is 12.1 Å². The molecule has 1 aliphatic rings. The second kappa shape index (κ2) is 6.86. The Kier molecular flexibility index (Phi) is 4.82. The van der Waals surface area contributed by atoms with Crippen molar-refractivity contribution < 1.29 is 4.92 Å². The van der Waals surface area contributed by atoms with Gasteiger partial charge in [-0.25, -0.2) is 0 Å². The topological polar surface area (TPSA) is 79.2 Å². The summed E-state index contributed by atoms with van der Waals surface area (Å²) in [5.74, 6) is 0. The van der Waals surface area contributed by atoms with Crippen molar-refractivity contribution in [3.63, 3.8) is 0 Å². The summed E-state index contributed by atoms with van der Waals surface area (Å²) in [6.07, 6.45) is 3.60. The van der Waals surface area contributed by atoms with Crippen molar-refractivity contribution in [2.45, 2.75) is 51.7 Å². The Bertz CT molecular complexity index is 771. The van der Waals surface area contributed by atoms with Crippen molar-refractivity contribution in [2.75, 3.05) is 0 Å². The average Bonchev–Trinajstić information content (AvgIpc) is 2.92. The molecule has 0 aliphatic carbocycles. The third-order valence-corrected chi connectivity index (χ3v) is 5.66. The lowest BCUT2D eigenvalue weighted by Gasteiger charge is -2.38. The maximum atomic E-state index is 11.9. The van der Waals surface area contributed by atoms with E-state index in [4.69, 9.17) is 0 Å². The minimum absolute atomic E-state index is 0.0520. The molecule has 2 unspecified atom stereocenters. The number of benzene rings is 1. The van der Waals surface area contributed by atoms with E-state index in [-0.39, 0.29) is 10.6 Å². The first-order valence-electron chi connectivity index (χ1n) is 8.18. The van der Waals surface area contributed by atoms with Crippen molar-refractivity contribution in [3.8, 4) is 11.3 Å². The number of H-pyrrole nitrogens is 1. The molecule has 2 atom stereocenters. The predicted molar refractivity (Wildman–Crippen MR) is 95.3 cm³/mol. The van der Waals surface area contributed by atoms with Crippen LogP contribution in [0.1, 0.15) is 38.0 Å². The van der Waals surface area contributed by atoms with E-state index in [1.165, 1.54) is 42.7 Å². The van der Waals surface area contributed by atoms with Crippen LogP contribution in [0.4, 0.5) is 5.69 Å². The number of piperidine rings is 1. The second-order valence-corrected chi connectivity index (χ2v) is 7.49. The van der Waals surface area contributed by atoms with E-state index in [0.29, 0.717) is 12.1 Å². The molecule has 1 aromatic carbocycles. The lowest BCUT2D eigenvalue weighted by atomic mass is 9.97. The molecule has 24 heavy (non-hydrogen) atoms. The normalized spacial score (nSPS) is 21.8. The first kappa shape index (κ1) is 16.9. The quantitative estimate of drug-likeness (QED) is 0.674. The summed E-state index contributed by atoms with van der Waals surface area (Å²) in [5.41, 5.74) is 1.65. The number of aromatic amines is 1. The van der Waals surface area contributed by atoms with E-state index >= 15 is 0 Å². The van der Waals surface area contributed by atoms with Crippen molar-refractivity contribution >= 4 is 17.0 Å². The number of nitrogens with one attached hydrogen (secondary N) is 1. The lowest BCUT2D eigenvalue weighted by Crippen LogP contribution is -2.42. The fourth-order valence-corrected chi connectivity index (χ4v) is 4.27. The summed E-state index contributed by atoms with van der Waals surface area (Å²) in [5, 5.41) is 10.8. The highest BCUT2D eigenvalue weighted by atomic mass is 32.1. The van der Waals surface area contributed by atoms with E-state index in [9.17, 15) is 14.9 Å². The van der Waals surface area contributed by atoms with Crippen LogP contribution in [-0.2, 0) is 6.54 Å². The molecule has 128 valence electrons. The Hall–Kier alpha value is -1.99. The van der Waals surface area contributed by atoms with Gasteiger partial charge in [-0.3, -0.25) is 19.8 Å². The fourth-order valence-electron chi connectivity index (χ4n) is 3.41. The maximum Gasteiger partial charge on any atom is 0.305 e. The zero-order valence-electron chi connectivity index (χ0n) is 13.8. The number of non-ortho nitro benzene ring substituents is 1. The molecular weight excluding hydrogens is 326 g/mol. The van der Waals surface area contributed by atoms with E-state index < -0.39 is 4.92 Å². The van der Waals surface area contributed by atoms with Gasteiger partial charge in [-0.2, -0.15) is 0 Å². The Morgan fingerprint density at radius 1 is 1.25 bits per heavy atom. The first-order valence-corrected chi connectivity index (χ1v) is 9.00. The van der Waals surface area contributed by atoms with Gasteiger partial charge < -0.3 is 4.98 Å². The molecule has 6 nitrogen and oxygen atoms in total. The zero-order valence-corrected chi connectivity index (χ0v) is 14.6. The van der Waals surface area contributed by atoms with Gasteiger partial charge in [0.25, 0.3) is 5.69 Å². The molecule has 1 N–H and O–H groups in total. The molecule has 0 radical (unpaired) electrons. The molecule has 1 aromatic heterocycles. The summed E-state index contributed by atoms with van der Waals surface area (Å²) in [4.78, 5) is 28.5. The summed E-state index contributed by atoms with van der Waals surface area (Å²) in [6, 6.07) is 7.33. The van der Waals surface area contributed by atoms with Gasteiger partial charge in [-0.1, -0.05) is 17.8 Å². The van der Waals surface area contributed by atoms with Gasteiger partial charge in [0.2, 0.25) is 0 Å². The van der Waals surface area contributed by atoms with Crippen LogP contribution in [0, 0.1) is 10.1 Å². The number of aromatic nitrogens is 1. The minimum Gasteiger partial charge on any atom is -0.312 e. The van der Waals surface area contributed by atoms with Crippen LogP contribution in [0.5, 0.6) is 0 Å². The van der Waals surface area contributed by atoms with Gasteiger partial charge in [0.05, 0.1) is 10.6 Å². The largest absolute Gasteiger partial charge is 0.312 e. The van der Waals surface area contributed by atoms with Gasteiger partial charge >= 0.3 is 4.87 Å². The van der Waals surface area contributed by atoms with Gasteiger partial charge in [0.1, 0.15) is 0 Å². The zero-order chi connectivity index (χ0) is 17.3. The van der Waals surface area contributed by atoms with Gasteiger partial charge in [-0.15, -0.1) is 0 Å². The summed E-state index contributed by atoms with van der Waals surface area (Å²) >= 11 is 1.23. The molecule has 7 heteroatoms. The highest BCUT2D eigenvalue weighted by Crippen LogP contribution is 2.30. The summed E-state index contributed by atoms with van der Waals surface area (Å²) in [6.45, 7) is 5.20. The molecular formula is C17H21N3O3S. The molecule has 2 heterocycles. The third-order valence-electron chi connectivity index (χ3n) is 4.79. The molecule has 1 aliphatic heterocycles. The number of likely N-dealkylation sites (tertiary alicyclic amines) is 1. The molecule has 0 saturated carbocycles. The molecule has 1 saturated heterocycles. The Morgan fingerprint density at radius 2 is 1.88 bits per heavy atom. The summed E-state index contributed by atoms with van der Waals surface area (Å²) < 4.78 is 0. The van der Waals surface area contributed by atoms with Crippen LogP contribution in [0.15, 0.2) is 29.1 Å². The number of thiazole rings is 1. The number of nitrogens with zero attached hydrogens (tertiary/aromatic N) is 2. The van der Waals surface area contributed by atoms with Crippen LogP contribution in [-0.4, -0.2) is 26.9 Å². The van der Waals surface area contributed by atoms with Crippen molar-refractivity contribution in [3.05, 3.63) is 48.9 Å². The van der Waals surface area contributed by atoms with E-state index in [1.807, 2.05) is 0 Å².